The van der Waals surface area contributed by atoms with Crippen molar-refractivity contribution in [3.8, 4) is 0 Å². The van der Waals surface area contributed by atoms with Crippen LogP contribution in [-0.4, -0.2) is 26.8 Å². The highest BCUT2D eigenvalue weighted by atomic mass is 19.1. The standard InChI is InChI=1S/C16H25FN2O/c1-11-8-16(14(12(2)18)9-15(11)17)19(3)6-7-20-10-13-4-5-13/h8-9,12-13H,4-7,10,18H2,1-3H3/t12-/m1/s1. The summed E-state index contributed by atoms with van der Waals surface area (Å²) in [5, 5.41) is 0. The van der Waals surface area contributed by atoms with Crippen molar-refractivity contribution in [2.75, 3.05) is 31.7 Å². The lowest BCUT2D eigenvalue weighted by molar-refractivity contribution is 0.131. The van der Waals surface area contributed by atoms with E-state index in [-0.39, 0.29) is 11.9 Å². The van der Waals surface area contributed by atoms with E-state index in [1.165, 1.54) is 12.8 Å². The van der Waals surface area contributed by atoms with Crippen LogP contribution in [-0.2, 0) is 4.74 Å². The Kier molecular flexibility index (Phi) is 5.00. The second kappa shape index (κ2) is 6.55. The molecule has 0 radical (unpaired) electrons. The van der Waals surface area contributed by atoms with Gasteiger partial charge >= 0.3 is 0 Å². The zero-order valence-electron chi connectivity index (χ0n) is 12.7. The van der Waals surface area contributed by atoms with Crippen molar-refractivity contribution < 1.29 is 9.13 Å². The molecule has 4 heteroatoms. The summed E-state index contributed by atoms with van der Waals surface area (Å²) >= 11 is 0. The van der Waals surface area contributed by atoms with Gasteiger partial charge in [0.1, 0.15) is 5.82 Å². The lowest BCUT2D eigenvalue weighted by atomic mass is 10.0. The molecule has 20 heavy (non-hydrogen) atoms. The molecule has 0 unspecified atom stereocenters. The zero-order chi connectivity index (χ0) is 14.7. The Bertz CT molecular complexity index is 458. The van der Waals surface area contributed by atoms with Crippen LogP contribution in [0.15, 0.2) is 12.1 Å². The third kappa shape index (κ3) is 3.93. The third-order valence-electron chi connectivity index (χ3n) is 3.83. The highest BCUT2D eigenvalue weighted by Crippen LogP contribution is 2.29. The summed E-state index contributed by atoms with van der Waals surface area (Å²) in [6.07, 6.45) is 2.61. The molecule has 0 spiro atoms. The first-order valence-corrected chi connectivity index (χ1v) is 7.33. The molecule has 2 N–H and O–H groups in total. The van der Waals surface area contributed by atoms with Crippen molar-refractivity contribution in [1.29, 1.82) is 0 Å². The molecule has 1 aliphatic carbocycles. The number of ether oxygens (including phenoxy) is 1. The van der Waals surface area contributed by atoms with E-state index >= 15 is 0 Å². The fourth-order valence-electron chi connectivity index (χ4n) is 2.23. The van der Waals surface area contributed by atoms with E-state index in [2.05, 4.69) is 4.90 Å². The topological polar surface area (TPSA) is 38.5 Å². The van der Waals surface area contributed by atoms with E-state index in [1.807, 2.05) is 20.0 Å². The van der Waals surface area contributed by atoms with Crippen molar-refractivity contribution in [2.24, 2.45) is 11.7 Å². The summed E-state index contributed by atoms with van der Waals surface area (Å²) < 4.78 is 19.3. The number of rotatable bonds is 7. The number of hydrogen-bond donors (Lipinski definition) is 1. The van der Waals surface area contributed by atoms with Crippen LogP contribution < -0.4 is 10.6 Å². The van der Waals surface area contributed by atoms with E-state index in [9.17, 15) is 4.39 Å². The van der Waals surface area contributed by atoms with Gasteiger partial charge in [0.15, 0.2) is 0 Å². The minimum Gasteiger partial charge on any atom is -0.379 e. The molecule has 1 fully saturated rings. The summed E-state index contributed by atoms with van der Waals surface area (Å²) in [5.74, 6) is 0.590. The van der Waals surface area contributed by atoms with Crippen LogP contribution in [0, 0.1) is 18.7 Å². The molecule has 112 valence electrons. The van der Waals surface area contributed by atoms with Crippen molar-refractivity contribution >= 4 is 5.69 Å². The number of nitrogens with two attached hydrogens (primary N) is 1. The summed E-state index contributed by atoms with van der Waals surface area (Å²) in [4.78, 5) is 2.10. The Balaban J connectivity index is 1.99. The van der Waals surface area contributed by atoms with Crippen LogP contribution in [0.5, 0.6) is 0 Å². The number of anilines is 1. The lowest BCUT2D eigenvalue weighted by Crippen LogP contribution is -2.25. The Morgan fingerprint density at radius 1 is 1.45 bits per heavy atom. The molecule has 2 rings (SSSR count). The van der Waals surface area contributed by atoms with Gasteiger partial charge in [0, 0.05) is 31.9 Å². The van der Waals surface area contributed by atoms with E-state index in [4.69, 9.17) is 10.5 Å². The average molecular weight is 280 g/mol. The van der Waals surface area contributed by atoms with Gasteiger partial charge in [0.05, 0.1) is 6.61 Å². The molecule has 0 bridgehead atoms. The van der Waals surface area contributed by atoms with E-state index in [0.717, 1.165) is 30.3 Å². The molecule has 3 nitrogen and oxygen atoms in total. The normalized spacial score (nSPS) is 16.2. The molecule has 1 aliphatic rings. The van der Waals surface area contributed by atoms with Gasteiger partial charge in [-0.15, -0.1) is 0 Å². The van der Waals surface area contributed by atoms with E-state index < -0.39 is 0 Å². The van der Waals surface area contributed by atoms with Gasteiger partial charge < -0.3 is 15.4 Å². The Hall–Kier alpha value is -1.13. The Labute approximate surface area is 120 Å². The SMILES string of the molecule is Cc1cc(N(C)CCOCC2CC2)c([C@@H](C)N)cc1F. The van der Waals surface area contributed by atoms with Crippen LogP contribution in [0.4, 0.5) is 10.1 Å². The van der Waals surface area contributed by atoms with Crippen molar-refractivity contribution in [3.63, 3.8) is 0 Å². The number of hydrogen-bond acceptors (Lipinski definition) is 3. The summed E-state index contributed by atoms with van der Waals surface area (Å²) in [7, 11) is 2.00. The molecule has 1 saturated carbocycles. The molecule has 0 amide bonds. The lowest BCUT2D eigenvalue weighted by Gasteiger charge is -2.24. The summed E-state index contributed by atoms with van der Waals surface area (Å²) in [6, 6.07) is 3.24. The van der Waals surface area contributed by atoms with Gasteiger partial charge in [-0.3, -0.25) is 0 Å². The molecule has 1 aromatic rings. The van der Waals surface area contributed by atoms with Gasteiger partial charge in [0.25, 0.3) is 0 Å². The average Bonchev–Trinajstić information content (AvgIpc) is 3.21. The fraction of sp³-hybridized carbons (Fsp3) is 0.625. The van der Waals surface area contributed by atoms with Crippen molar-refractivity contribution in [2.45, 2.75) is 32.7 Å². The highest BCUT2D eigenvalue weighted by Gasteiger charge is 2.21. The van der Waals surface area contributed by atoms with Crippen LogP contribution in [0.25, 0.3) is 0 Å². The smallest absolute Gasteiger partial charge is 0.126 e. The zero-order valence-corrected chi connectivity index (χ0v) is 12.7. The highest BCUT2D eigenvalue weighted by molar-refractivity contribution is 5.56. The number of halogens is 1. The second-order valence-electron chi connectivity index (χ2n) is 5.89. The molecule has 0 saturated heterocycles. The van der Waals surface area contributed by atoms with Gasteiger partial charge in [-0.05, 0) is 55.9 Å². The Morgan fingerprint density at radius 2 is 2.15 bits per heavy atom. The number of aryl methyl sites for hydroxylation is 1. The molecule has 1 aromatic carbocycles. The molecular weight excluding hydrogens is 255 g/mol. The molecule has 0 aliphatic heterocycles. The Morgan fingerprint density at radius 3 is 2.75 bits per heavy atom. The van der Waals surface area contributed by atoms with Crippen LogP contribution in [0.3, 0.4) is 0 Å². The van der Waals surface area contributed by atoms with E-state index in [0.29, 0.717) is 12.2 Å². The predicted octanol–water partition coefficient (Wildman–Crippen LogP) is 3.02. The fourth-order valence-corrected chi connectivity index (χ4v) is 2.23. The van der Waals surface area contributed by atoms with E-state index in [1.54, 1.807) is 13.0 Å². The first-order chi connectivity index (χ1) is 9.49. The minimum absolute atomic E-state index is 0.185. The maximum atomic E-state index is 13.7. The minimum atomic E-state index is -0.195. The summed E-state index contributed by atoms with van der Waals surface area (Å²) in [5.41, 5.74) is 8.44. The molecular formula is C16H25FN2O. The van der Waals surface area contributed by atoms with Crippen LogP contribution >= 0.6 is 0 Å². The first kappa shape index (κ1) is 15.3. The van der Waals surface area contributed by atoms with Crippen LogP contribution in [0.2, 0.25) is 0 Å². The van der Waals surface area contributed by atoms with Crippen molar-refractivity contribution in [1.82, 2.24) is 0 Å². The molecule has 1 atom stereocenters. The predicted molar refractivity (Wildman–Crippen MR) is 80.6 cm³/mol. The van der Waals surface area contributed by atoms with Gasteiger partial charge in [-0.25, -0.2) is 4.39 Å². The summed E-state index contributed by atoms with van der Waals surface area (Å²) in [6.45, 7) is 6.02. The molecule has 0 heterocycles. The second-order valence-corrected chi connectivity index (χ2v) is 5.89. The number of likely N-dealkylation sites (N-methyl/N-ethyl adjacent to an activating group) is 1. The first-order valence-electron chi connectivity index (χ1n) is 7.33. The van der Waals surface area contributed by atoms with Crippen molar-refractivity contribution in [3.05, 3.63) is 29.1 Å². The molecule has 0 aromatic heterocycles. The van der Waals surface area contributed by atoms with Gasteiger partial charge in [0.2, 0.25) is 0 Å². The maximum absolute atomic E-state index is 13.7. The largest absolute Gasteiger partial charge is 0.379 e. The monoisotopic (exact) mass is 280 g/mol. The van der Waals surface area contributed by atoms with Crippen LogP contribution in [0.1, 0.15) is 36.9 Å². The third-order valence-corrected chi connectivity index (χ3v) is 3.83. The maximum Gasteiger partial charge on any atom is 0.126 e. The van der Waals surface area contributed by atoms with Gasteiger partial charge in [-0.1, -0.05) is 0 Å². The quantitative estimate of drug-likeness (QED) is 0.780. The number of nitrogens with zero attached hydrogens (tertiary/aromatic N) is 1. The van der Waals surface area contributed by atoms with Gasteiger partial charge in [-0.2, -0.15) is 0 Å². The number of benzene rings is 1.